The van der Waals surface area contributed by atoms with Gasteiger partial charge >= 0.3 is 5.97 Å². The van der Waals surface area contributed by atoms with Crippen LogP contribution in [-0.2, 0) is 11.3 Å². The van der Waals surface area contributed by atoms with Gasteiger partial charge in [0.2, 0.25) is 5.95 Å². The van der Waals surface area contributed by atoms with E-state index in [-0.39, 0.29) is 12.4 Å². The molecule has 3 heterocycles. The van der Waals surface area contributed by atoms with Gasteiger partial charge in [-0.1, -0.05) is 35.5 Å². The van der Waals surface area contributed by atoms with E-state index in [0.717, 1.165) is 43.1 Å². The van der Waals surface area contributed by atoms with Crippen LogP contribution in [0.3, 0.4) is 0 Å². The number of halogens is 1. The Balaban J connectivity index is 1.29. The summed E-state index contributed by atoms with van der Waals surface area (Å²) in [4.78, 5) is 26.7. The molecule has 9 nitrogen and oxygen atoms in total. The highest BCUT2D eigenvalue weighted by Crippen LogP contribution is 2.27. The Morgan fingerprint density at radius 1 is 1.00 bits per heavy atom. The van der Waals surface area contributed by atoms with Crippen molar-refractivity contribution in [2.75, 3.05) is 37.7 Å². The Morgan fingerprint density at radius 2 is 1.73 bits per heavy atom. The van der Waals surface area contributed by atoms with Crippen LogP contribution in [0.15, 0.2) is 60.8 Å². The lowest BCUT2D eigenvalue weighted by Crippen LogP contribution is -2.46. The largest absolute Gasteiger partial charge is 0.462 e. The summed E-state index contributed by atoms with van der Waals surface area (Å²) in [6.07, 6.45) is 1.87. The van der Waals surface area contributed by atoms with Gasteiger partial charge in [0.1, 0.15) is 11.4 Å². The van der Waals surface area contributed by atoms with Gasteiger partial charge in [-0.15, -0.1) is 5.10 Å². The third kappa shape index (κ3) is 5.49. The molecule has 1 aliphatic rings. The molecule has 2 aromatic heterocycles. The molecule has 190 valence electrons. The van der Waals surface area contributed by atoms with Gasteiger partial charge in [-0.25, -0.2) is 23.8 Å². The molecule has 0 atom stereocenters. The standard InChI is InChI=1S/C27H28FN7O2/c1-3-37-26(36)24-19(2)29-27(30-25(24)20-7-5-4-6-8-20)34-15-13-33(14-16-34)17-22-18-35(32-31-22)23-11-9-21(28)10-12-23/h4-12,18H,3,13-17H2,1-2H3. The number of hydrogen-bond donors (Lipinski definition) is 0. The van der Waals surface area contributed by atoms with E-state index in [9.17, 15) is 9.18 Å². The third-order valence-electron chi connectivity index (χ3n) is 6.28. The fourth-order valence-electron chi connectivity index (χ4n) is 4.38. The predicted molar refractivity (Wildman–Crippen MR) is 137 cm³/mol. The van der Waals surface area contributed by atoms with Crippen LogP contribution in [-0.4, -0.2) is 68.6 Å². The van der Waals surface area contributed by atoms with Gasteiger partial charge in [-0.2, -0.15) is 0 Å². The zero-order chi connectivity index (χ0) is 25.8. The zero-order valence-electron chi connectivity index (χ0n) is 20.8. The van der Waals surface area contributed by atoms with Gasteiger partial charge < -0.3 is 9.64 Å². The van der Waals surface area contributed by atoms with E-state index in [1.165, 1.54) is 12.1 Å². The lowest BCUT2D eigenvalue weighted by molar-refractivity contribution is 0.0525. The lowest BCUT2D eigenvalue weighted by Gasteiger charge is -2.34. The molecule has 0 aliphatic carbocycles. The summed E-state index contributed by atoms with van der Waals surface area (Å²) in [5, 5.41) is 8.46. The van der Waals surface area contributed by atoms with Gasteiger partial charge in [-0.05, 0) is 38.1 Å². The minimum absolute atomic E-state index is 0.285. The summed E-state index contributed by atoms with van der Waals surface area (Å²) in [5.74, 6) is -0.0947. The molecular weight excluding hydrogens is 473 g/mol. The molecule has 1 fully saturated rings. The Bertz CT molecular complexity index is 1370. The maximum Gasteiger partial charge on any atom is 0.342 e. The molecule has 0 amide bonds. The second-order valence-corrected chi connectivity index (χ2v) is 8.81. The van der Waals surface area contributed by atoms with Crippen molar-refractivity contribution in [1.29, 1.82) is 0 Å². The second kappa shape index (κ2) is 10.8. The lowest BCUT2D eigenvalue weighted by atomic mass is 10.0. The molecule has 1 saturated heterocycles. The number of aromatic nitrogens is 5. The number of ether oxygens (including phenoxy) is 1. The average molecular weight is 502 g/mol. The monoisotopic (exact) mass is 501 g/mol. The van der Waals surface area contributed by atoms with Crippen molar-refractivity contribution in [3.05, 3.63) is 83.6 Å². The summed E-state index contributed by atoms with van der Waals surface area (Å²) >= 11 is 0. The van der Waals surface area contributed by atoms with Gasteiger partial charge in [0.25, 0.3) is 0 Å². The predicted octanol–water partition coefficient (Wildman–Crippen LogP) is 3.67. The first-order valence-corrected chi connectivity index (χ1v) is 12.3. The number of esters is 1. The number of piperazine rings is 1. The normalized spacial score (nSPS) is 14.1. The molecule has 0 spiro atoms. The molecule has 0 radical (unpaired) electrons. The van der Waals surface area contributed by atoms with Crippen LogP contribution < -0.4 is 4.90 Å². The first-order chi connectivity index (χ1) is 18.0. The number of carbonyl (C=O) groups is 1. The van der Waals surface area contributed by atoms with Crippen LogP contribution in [0.5, 0.6) is 0 Å². The number of benzene rings is 2. The Kier molecular flexibility index (Phi) is 7.18. The molecular formula is C27H28FN7O2. The van der Waals surface area contributed by atoms with Crippen molar-refractivity contribution in [3.63, 3.8) is 0 Å². The number of anilines is 1. The summed E-state index contributed by atoms with van der Waals surface area (Å²) in [7, 11) is 0. The summed E-state index contributed by atoms with van der Waals surface area (Å²) in [6.45, 7) is 7.62. The van der Waals surface area contributed by atoms with E-state index >= 15 is 0 Å². The average Bonchev–Trinajstić information content (AvgIpc) is 3.38. The number of rotatable bonds is 7. The summed E-state index contributed by atoms with van der Waals surface area (Å²) in [6, 6.07) is 15.8. The topological polar surface area (TPSA) is 89.3 Å². The maximum absolute atomic E-state index is 13.2. The van der Waals surface area contributed by atoms with Crippen molar-refractivity contribution in [2.24, 2.45) is 0 Å². The summed E-state index contributed by atoms with van der Waals surface area (Å²) in [5.41, 5.74) is 4.04. The van der Waals surface area contributed by atoms with E-state index in [4.69, 9.17) is 9.72 Å². The van der Waals surface area contributed by atoms with Gasteiger partial charge in [0, 0.05) is 38.3 Å². The van der Waals surface area contributed by atoms with Crippen LogP contribution in [0, 0.1) is 12.7 Å². The Hall–Kier alpha value is -4.18. The highest BCUT2D eigenvalue weighted by molar-refractivity contribution is 5.97. The highest BCUT2D eigenvalue weighted by Gasteiger charge is 2.25. The molecule has 1 aliphatic heterocycles. The van der Waals surface area contributed by atoms with Crippen LogP contribution in [0.1, 0.15) is 28.7 Å². The van der Waals surface area contributed by atoms with Crippen LogP contribution in [0.25, 0.3) is 16.9 Å². The molecule has 0 unspecified atom stereocenters. The van der Waals surface area contributed by atoms with Crippen molar-refractivity contribution in [2.45, 2.75) is 20.4 Å². The number of nitrogens with zero attached hydrogens (tertiary/aromatic N) is 7. The van der Waals surface area contributed by atoms with E-state index < -0.39 is 5.97 Å². The van der Waals surface area contributed by atoms with Gasteiger partial charge in [0.05, 0.1) is 35.6 Å². The summed E-state index contributed by atoms with van der Waals surface area (Å²) < 4.78 is 20.1. The van der Waals surface area contributed by atoms with Crippen molar-refractivity contribution >= 4 is 11.9 Å². The fraction of sp³-hybridized carbons (Fsp3) is 0.296. The SMILES string of the molecule is CCOC(=O)c1c(C)nc(N2CCN(Cc3cn(-c4ccc(F)cc4)nn3)CC2)nc1-c1ccccc1. The number of carbonyl (C=O) groups excluding carboxylic acids is 1. The van der Waals surface area contributed by atoms with Crippen LogP contribution in [0.4, 0.5) is 10.3 Å². The minimum Gasteiger partial charge on any atom is -0.462 e. The molecule has 0 bridgehead atoms. The molecule has 5 rings (SSSR count). The Labute approximate surface area is 214 Å². The minimum atomic E-state index is -0.413. The molecule has 10 heteroatoms. The molecule has 37 heavy (non-hydrogen) atoms. The van der Waals surface area contributed by atoms with Crippen LogP contribution in [0.2, 0.25) is 0 Å². The number of aryl methyl sites for hydroxylation is 1. The first kappa shape index (κ1) is 24.5. The molecule has 0 N–H and O–H groups in total. The second-order valence-electron chi connectivity index (χ2n) is 8.81. The molecule has 0 saturated carbocycles. The van der Waals surface area contributed by atoms with Crippen molar-refractivity contribution < 1.29 is 13.9 Å². The first-order valence-electron chi connectivity index (χ1n) is 12.3. The van der Waals surface area contributed by atoms with E-state index in [2.05, 4.69) is 25.1 Å². The van der Waals surface area contributed by atoms with E-state index in [1.807, 2.05) is 43.5 Å². The third-order valence-corrected chi connectivity index (χ3v) is 6.28. The molecule has 2 aromatic carbocycles. The maximum atomic E-state index is 13.2. The zero-order valence-corrected chi connectivity index (χ0v) is 20.8. The Morgan fingerprint density at radius 3 is 2.43 bits per heavy atom. The quantitative estimate of drug-likeness (QED) is 0.355. The smallest absolute Gasteiger partial charge is 0.342 e. The molecule has 4 aromatic rings. The van der Waals surface area contributed by atoms with Crippen LogP contribution >= 0.6 is 0 Å². The van der Waals surface area contributed by atoms with Crippen molar-refractivity contribution in [1.82, 2.24) is 29.9 Å². The highest BCUT2D eigenvalue weighted by atomic mass is 19.1. The van der Waals surface area contributed by atoms with E-state index in [1.54, 1.807) is 23.7 Å². The van der Waals surface area contributed by atoms with E-state index in [0.29, 0.717) is 29.4 Å². The van der Waals surface area contributed by atoms with Gasteiger partial charge in [-0.3, -0.25) is 4.90 Å². The fourth-order valence-corrected chi connectivity index (χ4v) is 4.38. The number of hydrogen-bond acceptors (Lipinski definition) is 8. The van der Waals surface area contributed by atoms with Crippen molar-refractivity contribution in [3.8, 4) is 16.9 Å². The van der Waals surface area contributed by atoms with Gasteiger partial charge in [0.15, 0.2) is 0 Å².